The summed E-state index contributed by atoms with van der Waals surface area (Å²) in [5.41, 5.74) is 2.48. The van der Waals surface area contributed by atoms with Crippen LogP contribution < -0.4 is 10.1 Å². The van der Waals surface area contributed by atoms with Gasteiger partial charge in [0.15, 0.2) is 0 Å². The average molecular weight is 449 g/mol. The van der Waals surface area contributed by atoms with E-state index in [1.54, 1.807) is 16.7 Å². The number of unbranched alkanes of at least 4 members (excludes halogenated alkanes) is 1. The molecular weight excluding hydrogens is 416 g/mol. The zero-order chi connectivity index (χ0) is 23.6. The molecule has 174 valence electrons. The third-order valence-corrected chi connectivity index (χ3v) is 5.30. The minimum absolute atomic E-state index is 0.00902. The first-order valence-corrected chi connectivity index (χ1v) is 11.4. The van der Waals surface area contributed by atoms with Crippen LogP contribution in [0, 0.1) is 0 Å². The molecule has 0 unspecified atom stereocenters. The number of hydrogen-bond acceptors (Lipinski definition) is 4. The number of nitrogens with one attached hydrogen (secondary N) is 1. The van der Waals surface area contributed by atoms with Crippen LogP contribution in [0.25, 0.3) is 16.9 Å². The standard InChI is InChI=1S/C26H32N4O3/c1-4-6-17-29(26(32)10-5-2)19-25(31)27-24-18-23(20-11-8-7-9-12-20)28-30(24)21-13-15-22(33-3)16-14-21/h7-9,11-16,18H,4-6,10,17,19H2,1-3H3,(H,27,31). The summed E-state index contributed by atoms with van der Waals surface area (Å²) in [6.07, 6.45) is 3.03. The second-order valence-electron chi connectivity index (χ2n) is 7.86. The van der Waals surface area contributed by atoms with Crippen molar-refractivity contribution in [2.45, 2.75) is 39.5 Å². The number of rotatable bonds is 11. The number of ether oxygens (including phenoxy) is 1. The highest BCUT2D eigenvalue weighted by atomic mass is 16.5. The van der Waals surface area contributed by atoms with Crippen LogP contribution in [0.15, 0.2) is 60.7 Å². The molecule has 0 radical (unpaired) electrons. The Balaban J connectivity index is 1.87. The monoisotopic (exact) mass is 448 g/mol. The lowest BCUT2D eigenvalue weighted by Gasteiger charge is -2.22. The van der Waals surface area contributed by atoms with E-state index in [1.165, 1.54) is 0 Å². The average Bonchev–Trinajstić information content (AvgIpc) is 3.26. The lowest BCUT2D eigenvalue weighted by molar-refractivity contribution is -0.134. The SMILES string of the molecule is CCCCN(CC(=O)Nc1cc(-c2ccccc2)nn1-c1ccc(OC)cc1)C(=O)CCC. The van der Waals surface area contributed by atoms with Crippen LogP contribution in [0.4, 0.5) is 5.82 Å². The van der Waals surface area contributed by atoms with E-state index in [0.717, 1.165) is 42.0 Å². The van der Waals surface area contributed by atoms with Gasteiger partial charge in [-0.2, -0.15) is 5.10 Å². The largest absolute Gasteiger partial charge is 0.497 e. The van der Waals surface area contributed by atoms with E-state index in [9.17, 15) is 9.59 Å². The number of amides is 2. The van der Waals surface area contributed by atoms with Crippen molar-refractivity contribution in [3.05, 3.63) is 60.7 Å². The Hall–Kier alpha value is -3.61. The Morgan fingerprint density at radius 2 is 1.76 bits per heavy atom. The molecule has 7 nitrogen and oxygen atoms in total. The molecule has 1 heterocycles. The van der Waals surface area contributed by atoms with Crippen molar-refractivity contribution >= 4 is 17.6 Å². The summed E-state index contributed by atoms with van der Waals surface area (Å²) in [5.74, 6) is 1.04. The molecule has 7 heteroatoms. The molecule has 0 aliphatic heterocycles. The molecule has 2 amide bonds. The number of aromatic nitrogens is 2. The first-order valence-electron chi connectivity index (χ1n) is 11.4. The maximum atomic E-state index is 13.0. The summed E-state index contributed by atoms with van der Waals surface area (Å²) < 4.78 is 6.95. The van der Waals surface area contributed by atoms with Gasteiger partial charge in [0.2, 0.25) is 11.8 Å². The molecule has 2 aromatic carbocycles. The number of benzene rings is 2. The molecule has 3 aromatic rings. The molecule has 3 rings (SSSR count). The van der Waals surface area contributed by atoms with E-state index >= 15 is 0 Å². The molecule has 0 bridgehead atoms. The number of carbonyl (C=O) groups excluding carboxylic acids is 2. The minimum Gasteiger partial charge on any atom is -0.497 e. The first kappa shape index (κ1) is 24.0. The summed E-state index contributed by atoms with van der Waals surface area (Å²) >= 11 is 0. The van der Waals surface area contributed by atoms with Gasteiger partial charge in [-0.1, -0.05) is 50.6 Å². The number of nitrogens with zero attached hydrogens (tertiary/aromatic N) is 3. The summed E-state index contributed by atoms with van der Waals surface area (Å²) in [7, 11) is 1.62. The quantitative estimate of drug-likeness (QED) is 0.452. The number of anilines is 1. The lowest BCUT2D eigenvalue weighted by atomic mass is 10.1. The molecule has 0 spiro atoms. The van der Waals surface area contributed by atoms with Gasteiger partial charge in [-0.25, -0.2) is 4.68 Å². The van der Waals surface area contributed by atoms with Crippen LogP contribution in [0.2, 0.25) is 0 Å². The van der Waals surface area contributed by atoms with Crippen LogP contribution in [0.1, 0.15) is 39.5 Å². The normalized spacial score (nSPS) is 10.6. The van der Waals surface area contributed by atoms with Crippen LogP contribution in [-0.4, -0.2) is 46.7 Å². The zero-order valence-electron chi connectivity index (χ0n) is 19.6. The van der Waals surface area contributed by atoms with Crippen LogP contribution in [-0.2, 0) is 9.59 Å². The first-order chi connectivity index (χ1) is 16.0. The van der Waals surface area contributed by atoms with E-state index < -0.39 is 0 Å². The van der Waals surface area contributed by atoms with Crippen molar-refractivity contribution in [3.8, 4) is 22.7 Å². The van der Waals surface area contributed by atoms with Gasteiger partial charge in [0.1, 0.15) is 11.6 Å². The van der Waals surface area contributed by atoms with Crippen molar-refractivity contribution in [2.24, 2.45) is 0 Å². The van der Waals surface area contributed by atoms with E-state index in [2.05, 4.69) is 12.2 Å². The highest BCUT2D eigenvalue weighted by Gasteiger charge is 2.19. The summed E-state index contributed by atoms with van der Waals surface area (Å²) in [4.78, 5) is 27.1. The second kappa shape index (κ2) is 11.9. The molecule has 1 aromatic heterocycles. The number of methoxy groups -OCH3 is 1. The summed E-state index contributed by atoms with van der Waals surface area (Å²) in [6, 6.07) is 19.1. The molecular formula is C26H32N4O3. The van der Waals surface area contributed by atoms with E-state index in [-0.39, 0.29) is 18.4 Å². The summed E-state index contributed by atoms with van der Waals surface area (Å²) in [5, 5.41) is 7.70. The van der Waals surface area contributed by atoms with Gasteiger partial charge < -0.3 is 15.0 Å². The van der Waals surface area contributed by atoms with Gasteiger partial charge in [0.25, 0.3) is 0 Å². The predicted octanol–water partition coefficient (Wildman–Crippen LogP) is 4.92. The van der Waals surface area contributed by atoms with Crippen molar-refractivity contribution < 1.29 is 14.3 Å². The minimum atomic E-state index is -0.246. The van der Waals surface area contributed by atoms with Crippen LogP contribution in [0.5, 0.6) is 5.75 Å². The van der Waals surface area contributed by atoms with Gasteiger partial charge >= 0.3 is 0 Å². The predicted molar refractivity (Wildman–Crippen MR) is 131 cm³/mol. The maximum absolute atomic E-state index is 13.0. The van der Waals surface area contributed by atoms with Gasteiger partial charge in [-0.15, -0.1) is 0 Å². The Morgan fingerprint density at radius 3 is 2.39 bits per heavy atom. The molecule has 33 heavy (non-hydrogen) atoms. The van der Waals surface area contributed by atoms with Gasteiger partial charge in [0.05, 0.1) is 25.0 Å². The van der Waals surface area contributed by atoms with E-state index in [4.69, 9.17) is 9.84 Å². The number of hydrogen-bond donors (Lipinski definition) is 1. The Bertz CT molecular complexity index is 1050. The van der Waals surface area contributed by atoms with Crippen molar-refractivity contribution in [1.29, 1.82) is 0 Å². The third kappa shape index (κ3) is 6.44. The fourth-order valence-corrected chi connectivity index (χ4v) is 3.51. The third-order valence-electron chi connectivity index (χ3n) is 5.30. The topological polar surface area (TPSA) is 76.5 Å². The van der Waals surface area contributed by atoms with Gasteiger partial charge in [0, 0.05) is 24.6 Å². The maximum Gasteiger partial charge on any atom is 0.245 e. The molecule has 0 aliphatic rings. The summed E-state index contributed by atoms with van der Waals surface area (Å²) in [6.45, 7) is 4.64. The fraction of sp³-hybridized carbons (Fsp3) is 0.346. The molecule has 0 fully saturated rings. The van der Waals surface area contributed by atoms with Crippen molar-refractivity contribution in [2.75, 3.05) is 25.5 Å². The smallest absolute Gasteiger partial charge is 0.245 e. The fourth-order valence-electron chi connectivity index (χ4n) is 3.51. The highest BCUT2D eigenvalue weighted by molar-refractivity contribution is 5.94. The van der Waals surface area contributed by atoms with E-state index in [1.807, 2.05) is 67.6 Å². The Kier molecular flexibility index (Phi) is 8.63. The van der Waals surface area contributed by atoms with Crippen molar-refractivity contribution in [3.63, 3.8) is 0 Å². The van der Waals surface area contributed by atoms with E-state index in [0.29, 0.717) is 18.8 Å². The Labute approximate surface area is 195 Å². The molecule has 0 atom stereocenters. The molecule has 0 aliphatic carbocycles. The molecule has 0 saturated carbocycles. The Morgan fingerprint density at radius 1 is 1.03 bits per heavy atom. The van der Waals surface area contributed by atoms with Gasteiger partial charge in [-0.3, -0.25) is 9.59 Å². The lowest BCUT2D eigenvalue weighted by Crippen LogP contribution is -2.38. The molecule has 0 saturated heterocycles. The zero-order valence-corrected chi connectivity index (χ0v) is 19.6. The second-order valence-corrected chi connectivity index (χ2v) is 7.86. The van der Waals surface area contributed by atoms with Crippen molar-refractivity contribution in [1.82, 2.24) is 14.7 Å². The van der Waals surface area contributed by atoms with Crippen LogP contribution >= 0.6 is 0 Å². The van der Waals surface area contributed by atoms with Crippen LogP contribution in [0.3, 0.4) is 0 Å². The molecule has 1 N–H and O–H groups in total. The number of carbonyl (C=O) groups is 2. The van der Waals surface area contributed by atoms with Gasteiger partial charge in [-0.05, 0) is 37.1 Å². The highest BCUT2D eigenvalue weighted by Crippen LogP contribution is 2.25.